The van der Waals surface area contributed by atoms with E-state index in [-0.39, 0.29) is 12.2 Å². The lowest BCUT2D eigenvalue weighted by atomic mass is 9.89. The molecule has 0 bridgehead atoms. The number of hydrogen-bond donors (Lipinski definition) is 2. The molecule has 2 atom stereocenters. The Hall–Kier alpha value is -2.08. The molecule has 6 nitrogen and oxygen atoms in total. The van der Waals surface area contributed by atoms with E-state index < -0.39 is 29.6 Å². The van der Waals surface area contributed by atoms with Crippen molar-refractivity contribution in [3.63, 3.8) is 0 Å². The van der Waals surface area contributed by atoms with E-state index in [0.29, 0.717) is 10.6 Å². The fourth-order valence-corrected chi connectivity index (χ4v) is 2.37. The van der Waals surface area contributed by atoms with Crippen LogP contribution in [0, 0.1) is 0 Å². The lowest BCUT2D eigenvalue weighted by molar-refractivity contribution is -0.139. The third kappa shape index (κ3) is 6.58. The van der Waals surface area contributed by atoms with Gasteiger partial charge in [-0.15, -0.1) is 0 Å². The second-order valence-corrected chi connectivity index (χ2v) is 6.93. The summed E-state index contributed by atoms with van der Waals surface area (Å²) in [5, 5.41) is 12.1. The molecule has 1 aromatic rings. The SMILES string of the molecule is CC(=O)C(CC(NC(=O)OC(C)(C)C)C(=O)O)c1cccc(Cl)c1. The Balaban J connectivity index is 2.93. The van der Waals surface area contributed by atoms with Gasteiger partial charge in [-0.2, -0.15) is 0 Å². The molecule has 2 unspecified atom stereocenters. The molecule has 1 rings (SSSR count). The second-order valence-electron chi connectivity index (χ2n) is 6.49. The molecular formula is C17H22ClNO5. The number of carbonyl (C=O) groups excluding carboxylic acids is 2. The summed E-state index contributed by atoms with van der Waals surface area (Å²) in [6.45, 7) is 6.39. The van der Waals surface area contributed by atoms with Gasteiger partial charge in [-0.3, -0.25) is 4.79 Å². The van der Waals surface area contributed by atoms with E-state index in [1.807, 2.05) is 0 Å². The van der Waals surface area contributed by atoms with Crippen molar-refractivity contribution >= 4 is 29.4 Å². The highest BCUT2D eigenvalue weighted by Gasteiger charge is 2.29. The van der Waals surface area contributed by atoms with Gasteiger partial charge in [-0.25, -0.2) is 9.59 Å². The van der Waals surface area contributed by atoms with Crippen LogP contribution in [0.2, 0.25) is 5.02 Å². The summed E-state index contributed by atoms with van der Waals surface area (Å²) < 4.78 is 5.07. The predicted molar refractivity (Wildman–Crippen MR) is 90.3 cm³/mol. The minimum absolute atomic E-state index is 0.0930. The van der Waals surface area contributed by atoms with E-state index >= 15 is 0 Å². The Bertz CT molecular complexity index is 624. The summed E-state index contributed by atoms with van der Waals surface area (Å²) >= 11 is 5.93. The lowest BCUT2D eigenvalue weighted by Crippen LogP contribution is -2.44. The quantitative estimate of drug-likeness (QED) is 0.816. The number of carboxylic acid groups (broad SMARTS) is 1. The fourth-order valence-electron chi connectivity index (χ4n) is 2.17. The van der Waals surface area contributed by atoms with Gasteiger partial charge >= 0.3 is 12.1 Å². The number of nitrogens with one attached hydrogen (secondary N) is 1. The topological polar surface area (TPSA) is 92.7 Å². The summed E-state index contributed by atoms with van der Waals surface area (Å²) in [6.07, 6.45) is -0.937. The van der Waals surface area contributed by atoms with Gasteiger partial charge in [-0.1, -0.05) is 23.7 Å². The third-order valence-electron chi connectivity index (χ3n) is 3.20. The number of carboxylic acids is 1. The molecule has 0 aliphatic carbocycles. The Morgan fingerprint density at radius 2 is 1.92 bits per heavy atom. The number of hydrogen-bond acceptors (Lipinski definition) is 4. The Labute approximate surface area is 146 Å². The lowest BCUT2D eigenvalue weighted by Gasteiger charge is -2.24. The summed E-state index contributed by atoms with van der Waals surface area (Å²) in [7, 11) is 0. The van der Waals surface area contributed by atoms with Gasteiger partial charge in [0.2, 0.25) is 0 Å². The average Bonchev–Trinajstić information content (AvgIpc) is 2.40. The van der Waals surface area contributed by atoms with Crippen molar-refractivity contribution in [1.29, 1.82) is 0 Å². The molecule has 0 saturated carbocycles. The van der Waals surface area contributed by atoms with E-state index in [4.69, 9.17) is 16.3 Å². The van der Waals surface area contributed by atoms with E-state index in [9.17, 15) is 19.5 Å². The van der Waals surface area contributed by atoms with Crippen molar-refractivity contribution < 1.29 is 24.2 Å². The molecule has 2 N–H and O–H groups in total. The largest absolute Gasteiger partial charge is 0.480 e. The number of amides is 1. The zero-order chi connectivity index (χ0) is 18.5. The molecule has 0 heterocycles. The number of halogens is 1. The van der Waals surface area contributed by atoms with Crippen LogP contribution < -0.4 is 5.32 Å². The first-order valence-electron chi connectivity index (χ1n) is 7.48. The van der Waals surface area contributed by atoms with Gasteiger partial charge in [0.05, 0.1) is 0 Å². The minimum atomic E-state index is -1.26. The maximum Gasteiger partial charge on any atom is 0.408 e. The van der Waals surface area contributed by atoms with Crippen molar-refractivity contribution in [2.75, 3.05) is 0 Å². The van der Waals surface area contributed by atoms with Crippen LogP contribution in [0.4, 0.5) is 4.79 Å². The fraction of sp³-hybridized carbons (Fsp3) is 0.471. The van der Waals surface area contributed by atoms with Gasteiger partial charge < -0.3 is 15.2 Å². The highest BCUT2D eigenvalue weighted by molar-refractivity contribution is 6.30. The molecule has 0 aliphatic heterocycles. The normalized spacial score (nSPS) is 13.7. The number of ketones is 1. The molecule has 0 saturated heterocycles. The van der Waals surface area contributed by atoms with Crippen LogP contribution in [-0.2, 0) is 14.3 Å². The molecule has 0 aliphatic rings. The van der Waals surface area contributed by atoms with E-state index in [0.717, 1.165) is 0 Å². The number of alkyl carbamates (subject to hydrolysis) is 1. The summed E-state index contributed by atoms with van der Waals surface area (Å²) in [5.41, 5.74) is -0.146. The Morgan fingerprint density at radius 1 is 1.29 bits per heavy atom. The van der Waals surface area contributed by atoms with Crippen molar-refractivity contribution in [2.45, 2.75) is 51.7 Å². The number of benzene rings is 1. The molecule has 24 heavy (non-hydrogen) atoms. The maximum absolute atomic E-state index is 11.9. The molecule has 1 aromatic carbocycles. The number of aliphatic carboxylic acids is 1. The smallest absolute Gasteiger partial charge is 0.408 e. The summed E-state index contributed by atoms with van der Waals surface area (Å²) in [4.78, 5) is 35.2. The van der Waals surface area contributed by atoms with Crippen molar-refractivity contribution in [3.8, 4) is 0 Å². The molecule has 0 spiro atoms. The minimum Gasteiger partial charge on any atom is -0.480 e. The van der Waals surface area contributed by atoms with Crippen LogP contribution in [0.5, 0.6) is 0 Å². The maximum atomic E-state index is 11.9. The Kier molecular flexibility index (Phi) is 6.78. The number of ether oxygens (including phenoxy) is 1. The zero-order valence-electron chi connectivity index (χ0n) is 14.1. The van der Waals surface area contributed by atoms with Crippen LogP contribution >= 0.6 is 11.6 Å². The van der Waals surface area contributed by atoms with Gasteiger partial charge in [0.25, 0.3) is 0 Å². The molecule has 1 amide bonds. The van der Waals surface area contributed by atoms with Crippen molar-refractivity contribution in [2.24, 2.45) is 0 Å². The highest BCUT2D eigenvalue weighted by Crippen LogP contribution is 2.25. The van der Waals surface area contributed by atoms with E-state index in [1.54, 1.807) is 45.0 Å². The Morgan fingerprint density at radius 3 is 2.38 bits per heavy atom. The van der Waals surface area contributed by atoms with Crippen LogP contribution in [0.15, 0.2) is 24.3 Å². The predicted octanol–water partition coefficient (Wildman–Crippen LogP) is 3.38. The molecular weight excluding hydrogens is 334 g/mol. The number of carbonyl (C=O) groups is 3. The van der Waals surface area contributed by atoms with Crippen LogP contribution in [0.1, 0.15) is 45.6 Å². The first kappa shape index (κ1) is 20.0. The van der Waals surface area contributed by atoms with E-state index in [2.05, 4.69) is 5.32 Å². The molecule has 0 aromatic heterocycles. The highest BCUT2D eigenvalue weighted by atomic mass is 35.5. The number of rotatable bonds is 6. The molecule has 132 valence electrons. The van der Waals surface area contributed by atoms with E-state index in [1.165, 1.54) is 6.92 Å². The second kappa shape index (κ2) is 8.15. The van der Waals surface area contributed by atoms with Gasteiger partial charge in [0, 0.05) is 10.9 Å². The monoisotopic (exact) mass is 355 g/mol. The average molecular weight is 356 g/mol. The summed E-state index contributed by atoms with van der Waals surface area (Å²) in [5.74, 6) is -2.15. The first-order valence-corrected chi connectivity index (χ1v) is 7.85. The third-order valence-corrected chi connectivity index (χ3v) is 3.44. The number of Topliss-reactive ketones (excluding diaryl/α,β-unsaturated/α-hetero) is 1. The van der Waals surface area contributed by atoms with Crippen molar-refractivity contribution in [1.82, 2.24) is 5.32 Å². The standard InChI is InChI=1S/C17H22ClNO5/c1-10(20)13(11-6-5-7-12(18)8-11)9-14(15(21)22)19-16(23)24-17(2,3)4/h5-8,13-14H,9H2,1-4H3,(H,19,23)(H,21,22). The van der Waals surface area contributed by atoms with Gasteiger partial charge in [-0.05, 0) is 51.8 Å². The molecule has 0 radical (unpaired) electrons. The van der Waals surface area contributed by atoms with Gasteiger partial charge in [0.1, 0.15) is 17.4 Å². The van der Waals surface area contributed by atoms with Crippen LogP contribution in [0.3, 0.4) is 0 Å². The summed E-state index contributed by atoms with van der Waals surface area (Å²) in [6, 6.07) is 5.40. The zero-order valence-corrected chi connectivity index (χ0v) is 14.9. The molecule has 0 fully saturated rings. The molecule has 7 heteroatoms. The van der Waals surface area contributed by atoms with Crippen LogP contribution in [0.25, 0.3) is 0 Å². The van der Waals surface area contributed by atoms with Crippen LogP contribution in [-0.4, -0.2) is 34.6 Å². The van der Waals surface area contributed by atoms with Crippen molar-refractivity contribution in [3.05, 3.63) is 34.9 Å². The first-order chi connectivity index (χ1) is 11.0. The van der Waals surface area contributed by atoms with Gasteiger partial charge in [0.15, 0.2) is 0 Å².